The van der Waals surface area contributed by atoms with Crippen LogP contribution in [0.2, 0.25) is 0 Å². The summed E-state index contributed by atoms with van der Waals surface area (Å²) in [6.07, 6.45) is 3.28. The standard InChI is InChI=1S/C16H26N4O2S/c1-5-6-13-9-20(11-16(13)18-23(4,21)22)10-14-7-15(8-17)19(3)12(14)2/h7,13,16,18H,5-6,9-11H2,1-4H3/t13-,16-/m1/s1. The van der Waals surface area contributed by atoms with Crippen molar-refractivity contribution >= 4 is 10.0 Å². The third kappa shape index (κ3) is 4.34. The van der Waals surface area contributed by atoms with E-state index in [9.17, 15) is 8.42 Å². The molecule has 1 aliphatic rings. The lowest BCUT2D eigenvalue weighted by molar-refractivity contribution is 0.311. The monoisotopic (exact) mass is 338 g/mol. The lowest BCUT2D eigenvalue weighted by atomic mass is 9.99. The van der Waals surface area contributed by atoms with Crippen molar-refractivity contribution in [2.45, 2.75) is 39.3 Å². The minimum atomic E-state index is -3.19. The molecule has 6 nitrogen and oxygen atoms in total. The van der Waals surface area contributed by atoms with Crippen LogP contribution >= 0.6 is 0 Å². The number of nitrogens with zero attached hydrogens (tertiary/aromatic N) is 3. The number of hydrogen-bond donors (Lipinski definition) is 1. The van der Waals surface area contributed by atoms with Gasteiger partial charge in [0.1, 0.15) is 11.8 Å². The Morgan fingerprint density at radius 2 is 2.13 bits per heavy atom. The molecule has 0 aromatic carbocycles. The molecule has 1 aromatic rings. The number of rotatable bonds is 6. The van der Waals surface area contributed by atoms with Gasteiger partial charge in [0.05, 0.1) is 6.26 Å². The van der Waals surface area contributed by atoms with Gasteiger partial charge in [0.15, 0.2) is 0 Å². The van der Waals surface area contributed by atoms with E-state index in [1.165, 1.54) is 6.26 Å². The summed E-state index contributed by atoms with van der Waals surface area (Å²) >= 11 is 0. The normalized spacial score (nSPS) is 22.4. The van der Waals surface area contributed by atoms with Crippen molar-refractivity contribution < 1.29 is 8.42 Å². The molecule has 0 unspecified atom stereocenters. The van der Waals surface area contributed by atoms with E-state index in [0.717, 1.165) is 37.2 Å². The van der Waals surface area contributed by atoms with E-state index in [1.54, 1.807) is 0 Å². The van der Waals surface area contributed by atoms with E-state index < -0.39 is 10.0 Å². The van der Waals surface area contributed by atoms with Gasteiger partial charge >= 0.3 is 0 Å². The third-order valence-corrected chi connectivity index (χ3v) is 5.42. The van der Waals surface area contributed by atoms with Crippen LogP contribution in [0.25, 0.3) is 0 Å². The molecule has 2 atom stereocenters. The maximum Gasteiger partial charge on any atom is 0.209 e. The van der Waals surface area contributed by atoms with Gasteiger partial charge in [-0.15, -0.1) is 0 Å². The molecule has 1 N–H and O–H groups in total. The average Bonchev–Trinajstić information content (AvgIpc) is 2.93. The van der Waals surface area contributed by atoms with Crippen LogP contribution in [0.4, 0.5) is 0 Å². The fourth-order valence-corrected chi connectivity index (χ4v) is 4.25. The van der Waals surface area contributed by atoms with Crippen LogP contribution in [0.5, 0.6) is 0 Å². The first-order valence-electron chi connectivity index (χ1n) is 8.00. The summed E-state index contributed by atoms with van der Waals surface area (Å²) in [4.78, 5) is 2.28. The summed E-state index contributed by atoms with van der Waals surface area (Å²) in [5.74, 6) is 0.342. The molecule has 128 valence electrons. The fraction of sp³-hybridized carbons (Fsp3) is 0.688. The van der Waals surface area contributed by atoms with Gasteiger partial charge in [0.25, 0.3) is 0 Å². The number of sulfonamides is 1. The van der Waals surface area contributed by atoms with Gasteiger partial charge in [0, 0.05) is 38.4 Å². The molecule has 0 bridgehead atoms. The van der Waals surface area contributed by atoms with Crippen LogP contribution in [0.3, 0.4) is 0 Å². The molecule has 0 radical (unpaired) electrons. The molecule has 1 aromatic heterocycles. The van der Waals surface area contributed by atoms with Crippen LogP contribution in [0.1, 0.15) is 36.7 Å². The smallest absolute Gasteiger partial charge is 0.209 e. The molecule has 0 saturated carbocycles. The molecule has 1 fully saturated rings. The van der Waals surface area contributed by atoms with Gasteiger partial charge in [-0.25, -0.2) is 13.1 Å². The Morgan fingerprint density at radius 1 is 1.43 bits per heavy atom. The molecule has 2 rings (SSSR count). The second-order valence-corrected chi connectivity index (χ2v) is 8.33. The Labute approximate surface area is 139 Å². The zero-order chi connectivity index (χ0) is 17.2. The number of hydrogen-bond acceptors (Lipinski definition) is 4. The zero-order valence-corrected chi connectivity index (χ0v) is 15.2. The van der Waals surface area contributed by atoms with E-state index >= 15 is 0 Å². The van der Waals surface area contributed by atoms with Crippen molar-refractivity contribution in [3.63, 3.8) is 0 Å². The molecular weight excluding hydrogens is 312 g/mol. The Balaban J connectivity index is 2.11. The van der Waals surface area contributed by atoms with Crippen LogP contribution in [0.15, 0.2) is 6.07 Å². The van der Waals surface area contributed by atoms with Crippen LogP contribution < -0.4 is 4.72 Å². The quantitative estimate of drug-likeness (QED) is 0.849. The molecular formula is C16H26N4O2S. The van der Waals surface area contributed by atoms with Crippen molar-refractivity contribution in [2.75, 3.05) is 19.3 Å². The lowest BCUT2D eigenvalue weighted by Gasteiger charge is -2.17. The molecule has 1 aliphatic heterocycles. The summed E-state index contributed by atoms with van der Waals surface area (Å²) in [6, 6.07) is 4.11. The summed E-state index contributed by atoms with van der Waals surface area (Å²) in [5, 5.41) is 9.14. The van der Waals surface area contributed by atoms with E-state index in [2.05, 4.69) is 22.6 Å². The van der Waals surface area contributed by atoms with E-state index in [1.807, 2.05) is 24.6 Å². The minimum absolute atomic E-state index is 0.0237. The number of nitriles is 1. The van der Waals surface area contributed by atoms with Crippen LogP contribution in [0, 0.1) is 24.2 Å². The van der Waals surface area contributed by atoms with Crippen molar-refractivity contribution in [3.8, 4) is 6.07 Å². The largest absolute Gasteiger partial charge is 0.340 e. The van der Waals surface area contributed by atoms with Gasteiger partial charge < -0.3 is 4.57 Å². The van der Waals surface area contributed by atoms with Gasteiger partial charge in [-0.3, -0.25) is 4.90 Å². The van der Waals surface area contributed by atoms with Crippen LogP contribution in [-0.4, -0.2) is 43.3 Å². The first kappa shape index (κ1) is 18.0. The first-order valence-corrected chi connectivity index (χ1v) is 9.89. The SMILES string of the molecule is CCC[C@@H]1CN(Cc2cc(C#N)n(C)c2C)C[C@H]1NS(C)(=O)=O. The molecule has 7 heteroatoms. The highest BCUT2D eigenvalue weighted by Crippen LogP contribution is 2.25. The molecule has 23 heavy (non-hydrogen) atoms. The summed E-state index contributed by atoms with van der Waals surface area (Å²) in [7, 11) is -1.30. The Bertz CT molecular complexity index is 702. The maximum absolute atomic E-state index is 11.6. The van der Waals surface area contributed by atoms with Gasteiger partial charge in [0.2, 0.25) is 10.0 Å². The number of nitrogens with one attached hydrogen (secondary N) is 1. The Morgan fingerprint density at radius 3 is 2.65 bits per heavy atom. The predicted octanol–water partition coefficient (Wildman–Crippen LogP) is 1.35. The van der Waals surface area contributed by atoms with Gasteiger partial charge in [-0.1, -0.05) is 13.3 Å². The van der Waals surface area contributed by atoms with E-state index in [0.29, 0.717) is 18.2 Å². The van der Waals surface area contributed by atoms with E-state index in [-0.39, 0.29) is 6.04 Å². The maximum atomic E-state index is 11.6. The number of likely N-dealkylation sites (tertiary alicyclic amines) is 1. The van der Waals surface area contributed by atoms with Crippen LogP contribution in [-0.2, 0) is 23.6 Å². The molecule has 1 saturated heterocycles. The minimum Gasteiger partial charge on any atom is -0.340 e. The first-order chi connectivity index (χ1) is 10.7. The second-order valence-electron chi connectivity index (χ2n) is 6.55. The predicted molar refractivity (Wildman–Crippen MR) is 90.3 cm³/mol. The van der Waals surface area contributed by atoms with Gasteiger partial charge in [-0.2, -0.15) is 5.26 Å². The zero-order valence-electron chi connectivity index (χ0n) is 14.3. The molecule has 0 aliphatic carbocycles. The van der Waals surface area contributed by atoms with Crippen molar-refractivity contribution in [3.05, 3.63) is 23.0 Å². The summed E-state index contributed by atoms with van der Waals surface area (Å²) < 4.78 is 27.8. The third-order valence-electron chi connectivity index (χ3n) is 4.69. The highest BCUT2D eigenvalue weighted by molar-refractivity contribution is 7.88. The van der Waals surface area contributed by atoms with Crippen molar-refractivity contribution in [1.29, 1.82) is 5.26 Å². The number of aromatic nitrogens is 1. The Hall–Kier alpha value is -1.36. The summed E-state index contributed by atoms with van der Waals surface area (Å²) in [6.45, 7) is 6.50. The summed E-state index contributed by atoms with van der Waals surface area (Å²) in [5.41, 5.74) is 2.89. The van der Waals surface area contributed by atoms with Crippen molar-refractivity contribution in [1.82, 2.24) is 14.2 Å². The molecule has 2 heterocycles. The van der Waals surface area contributed by atoms with E-state index in [4.69, 9.17) is 5.26 Å². The molecule has 0 spiro atoms. The highest BCUT2D eigenvalue weighted by atomic mass is 32.2. The fourth-order valence-electron chi connectivity index (χ4n) is 3.43. The average molecular weight is 338 g/mol. The topological polar surface area (TPSA) is 78.1 Å². The lowest BCUT2D eigenvalue weighted by Crippen LogP contribution is -2.39. The second kappa shape index (κ2) is 7.04. The van der Waals surface area contributed by atoms with Crippen molar-refractivity contribution in [2.24, 2.45) is 13.0 Å². The Kier molecular flexibility index (Phi) is 5.50. The highest BCUT2D eigenvalue weighted by Gasteiger charge is 2.34. The van der Waals surface area contributed by atoms with Gasteiger partial charge in [-0.05, 0) is 30.9 Å². The molecule has 0 amide bonds.